The Bertz CT molecular complexity index is 510. The molecule has 23 heavy (non-hydrogen) atoms. The van der Waals surface area contributed by atoms with Crippen molar-refractivity contribution in [1.82, 2.24) is 0 Å². The van der Waals surface area contributed by atoms with E-state index in [1.54, 1.807) is 24.3 Å². The van der Waals surface area contributed by atoms with Gasteiger partial charge in [-0.2, -0.15) is 8.42 Å². The fourth-order valence-corrected chi connectivity index (χ4v) is 2.76. The molecule has 0 unspecified atom stereocenters. The van der Waals surface area contributed by atoms with Gasteiger partial charge < -0.3 is 9.47 Å². The summed E-state index contributed by atoms with van der Waals surface area (Å²) in [4.78, 5) is 0.198. The number of aryl methyl sites for hydroxylation is 1. The van der Waals surface area contributed by atoms with Crippen LogP contribution in [0.1, 0.15) is 38.2 Å². The van der Waals surface area contributed by atoms with E-state index in [1.165, 1.54) is 0 Å². The number of ether oxygens (including phenoxy) is 2. The molecule has 0 fully saturated rings. The summed E-state index contributed by atoms with van der Waals surface area (Å²) in [7, 11) is -3.65. The first-order chi connectivity index (χ1) is 11.1. The Morgan fingerprint density at radius 1 is 0.826 bits per heavy atom. The van der Waals surface area contributed by atoms with Gasteiger partial charge in [0.25, 0.3) is 10.1 Å². The van der Waals surface area contributed by atoms with Gasteiger partial charge in [-0.05, 0) is 38.3 Å². The zero-order valence-corrected chi connectivity index (χ0v) is 14.9. The zero-order chi connectivity index (χ0) is 17.0. The first-order valence-electron chi connectivity index (χ1n) is 8.18. The molecule has 0 saturated heterocycles. The third kappa shape index (κ3) is 9.05. The Hall–Kier alpha value is -0.950. The Morgan fingerprint density at radius 3 is 2.00 bits per heavy atom. The van der Waals surface area contributed by atoms with Crippen molar-refractivity contribution >= 4 is 10.1 Å². The highest BCUT2D eigenvalue weighted by Crippen LogP contribution is 2.13. The SMILES string of the molecule is CCCCOCCOCCCCOS(=O)(=O)c1ccc(C)cc1. The first-order valence-corrected chi connectivity index (χ1v) is 9.58. The van der Waals surface area contributed by atoms with Gasteiger partial charge in [0, 0.05) is 13.2 Å². The van der Waals surface area contributed by atoms with Gasteiger partial charge in [-0.3, -0.25) is 4.18 Å². The quantitative estimate of drug-likeness (QED) is 0.406. The lowest BCUT2D eigenvalue weighted by Crippen LogP contribution is -2.09. The summed E-state index contributed by atoms with van der Waals surface area (Å²) < 4.78 is 39.7. The molecule has 132 valence electrons. The summed E-state index contributed by atoms with van der Waals surface area (Å²) in [6.07, 6.45) is 3.61. The molecule has 0 bridgehead atoms. The molecular weight excluding hydrogens is 316 g/mol. The number of benzene rings is 1. The van der Waals surface area contributed by atoms with Gasteiger partial charge in [0.2, 0.25) is 0 Å². The molecule has 0 spiro atoms. The van der Waals surface area contributed by atoms with Crippen LogP contribution < -0.4 is 0 Å². The van der Waals surface area contributed by atoms with Crippen LogP contribution in [0.15, 0.2) is 29.2 Å². The minimum absolute atomic E-state index is 0.173. The number of hydrogen-bond acceptors (Lipinski definition) is 5. The second-order valence-corrected chi connectivity index (χ2v) is 6.99. The highest BCUT2D eigenvalue weighted by atomic mass is 32.2. The molecule has 1 aromatic carbocycles. The molecule has 0 aliphatic rings. The molecule has 0 aromatic heterocycles. The minimum atomic E-state index is -3.65. The maximum Gasteiger partial charge on any atom is 0.296 e. The van der Waals surface area contributed by atoms with E-state index < -0.39 is 10.1 Å². The summed E-state index contributed by atoms with van der Waals surface area (Å²) in [5, 5.41) is 0. The largest absolute Gasteiger partial charge is 0.379 e. The second-order valence-electron chi connectivity index (χ2n) is 5.37. The third-order valence-electron chi connectivity index (χ3n) is 3.25. The van der Waals surface area contributed by atoms with Crippen LogP contribution in [0.4, 0.5) is 0 Å². The summed E-state index contributed by atoms with van der Waals surface area (Å²) in [5.41, 5.74) is 1.01. The molecule has 0 atom stereocenters. The zero-order valence-electron chi connectivity index (χ0n) is 14.1. The molecule has 0 radical (unpaired) electrons. The maximum atomic E-state index is 11.9. The third-order valence-corrected chi connectivity index (χ3v) is 4.57. The van der Waals surface area contributed by atoms with E-state index in [0.29, 0.717) is 26.2 Å². The Labute approximate surface area is 140 Å². The lowest BCUT2D eigenvalue weighted by atomic mass is 10.2. The van der Waals surface area contributed by atoms with Crippen molar-refractivity contribution in [2.24, 2.45) is 0 Å². The Kier molecular flexibility index (Phi) is 10.1. The van der Waals surface area contributed by atoms with Crippen LogP contribution in [0.25, 0.3) is 0 Å². The van der Waals surface area contributed by atoms with Crippen LogP contribution in [-0.2, 0) is 23.8 Å². The predicted molar refractivity (Wildman–Crippen MR) is 90.1 cm³/mol. The molecule has 5 nitrogen and oxygen atoms in total. The molecule has 0 N–H and O–H groups in total. The topological polar surface area (TPSA) is 61.8 Å². The van der Waals surface area contributed by atoms with Gasteiger partial charge in [-0.25, -0.2) is 0 Å². The fraction of sp³-hybridized carbons (Fsp3) is 0.647. The van der Waals surface area contributed by atoms with E-state index >= 15 is 0 Å². The lowest BCUT2D eigenvalue weighted by Gasteiger charge is -2.07. The first kappa shape index (κ1) is 20.1. The van der Waals surface area contributed by atoms with Crippen LogP contribution in [-0.4, -0.2) is 41.5 Å². The van der Waals surface area contributed by atoms with E-state index in [2.05, 4.69) is 6.92 Å². The number of unbranched alkanes of at least 4 members (excludes halogenated alkanes) is 2. The van der Waals surface area contributed by atoms with Crippen LogP contribution in [0.5, 0.6) is 0 Å². The van der Waals surface area contributed by atoms with Gasteiger partial charge in [-0.1, -0.05) is 31.0 Å². The molecule has 0 aliphatic carbocycles. The fourth-order valence-electron chi connectivity index (χ4n) is 1.82. The standard InChI is InChI=1S/C17H28O5S/c1-3-4-11-20-14-15-21-12-5-6-13-22-23(18,19)17-9-7-16(2)8-10-17/h7-10H,3-6,11-15H2,1-2H3. The van der Waals surface area contributed by atoms with Crippen molar-refractivity contribution in [2.75, 3.05) is 33.0 Å². The van der Waals surface area contributed by atoms with Gasteiger partial charge in [0.15, 0.2) is 0 Å². The molecule has 6 heteroatoms. The minimum Gasteiger partial charge on any atom is -0.379 e. The molecule has 0 aliphatic heterocycles. The average Bonchev–Trinajstić information content (AvgIpc) is 2.53. The summed E-state index contributed by atoms with van der Waals surface area (Å²) in [6.45, 7) is 6.76. The van der Waals surface area contributed by atoms with Crippen molar-refractivity contribution in [3.05, 3.63) is 29.8 Å². The number of rotatable bonds is 13. The van der Waals surface area contributed by atoms with Crippen molar-refractivity contribution < 1.29 is 22.1 Å². The average molecular weight is 344 g/mol. The summed E-state index contributed by atoms with van der Waals surface area (Å²) in [5.74, 6) is 0. The van der Waals surface area contributed by atoms with Crippen LogP contribution >= 0.6 is 0 Å². The van der Waals surface area contributed by atoms with E-state index in [0.717, 1.165) is 31.4 Å². The molecular formula is C17H28O5S. The molecule has 1 rings (SSSR count). The second kappa shape index (κ2) is 11.6. The summed E-state index contributed by atoms with van der Waals surface area (Å²) >= 11 is 0. The molecule has 0 heterocycles. The highest BCUT2D eigenvalue weighted by molar-refractivity contribution is 7.86. The van der Waals surface area contributed by atoms with Gasteiger partial charge in [0.1, 0.15) is 0 Å². The predicted octanol–water partition coefficient (Wildman–Crippen LogP) is 3.31. The van der Waals surface area contributed by atoms with Gasteiger partial charge >= 0.3 is 0 Å². The van der Waals surface area contributed by atoms with Crippen LogP contribution in [0.2, 0.25) is 0 Å². The summed E-state index contributed by atoms with van der Waals surface area (Å²) in [6, 6.07) is 6.64. The van der Waals surface area contributed by atoms with E-state index in [4.69, 9.17) is 13.7 Å². The molecule has 0 saturated carbocycles. The van der Waals surface area contributed by atoms with E-state index in [1.807, 2.05) is 6.92 Å². The van der Waals surface area contributed by atoms with Crippen LogP contribution in [0.3, 0.4) is 0 Å². The van der Waals surface area contributed by atoms with Gasteiger partial charge in [-0.15, -0.1) is 0 Å². The van der Waals surface area contributed by atoms with E-state index in [-0.39, 0.29) is 11.5 Å². The van der Waals surface area contributed by atoms with Crippen molar-refractivity contribution in [3.8, 4) is 0 Å². The van der Waals surface area contributed by atoms with Gasteiger partial charge in [0.05, 0.1) is 24.7 Å². The Balaban J connectivity index is 2.05. The smallest absolute Gasteiger partial charge is 0.296 e. The van der Waals surface area contributed by atoms with Crippen molar-refractivity contribution in [3.63, 3.8) is 0 Å². The monoisotopic (exact) mass is 344 g/mol. The normalized spacial score (nSPS) is 11.7. The maximum absolute atomic E-state index is 11.9. The highest BCUT2D eigenvalue weighted by Gasteiger charge is 2.14. The number of hydrogen-bond donors (Lipinski definition) is 0. The van der Waals surface area contributed by atoms with Crippen molar-refractivity contribution in [1.29, 1.82) is 0 Å². The van der Waals surface area contributed by atoms with Crippen molar-refractivity contribution in [2.45, 2.75) is 44.4 Å². The Morgan fingerprint density at radius 2 is 1.39 bits per heavy atom. The molecule has 0 amide bonds. The molecule has 1 aromatic rings. The lowest BCUT2D eigenvalue weighted by molar-refractivity contribution is 0.0446. The van der Waals surface area contributed by atoms with Crippen LogP contribution in [0, 0.1) is 6.92 Å². The van der Waals surface area contributed by atoms with E-state index in [9.17, 15) is 8.42 Å².